The van der Waals surface area contributed by atoms with Gasteiger partial charge in [0.15, 0.2) is 5.11 Å². The fourth-order valence-electron chi connectivity index (χ4n) is 2.96. The van der Waals surface area contributed by atoms with Gasteiger partial charge in [-0.05, 0) is 36.5 Å². The Morgan fingerprint density at radius 3 is 2.11 bits per heavy atom. The van der Waals surface area contributed by atoms with E-state index in [0.717, 1.165) is 28.2 Å². The molecule has 0 bridgehead atoms. The van der Waals surface area contributed by atoms with E-state index in [9.17, 15) is 0 Å². The minimum absolute atomic E-state index is 0.579. The van der Waals surface area contributed by atoms with E-state index in [2.05, 4.69) is 29.0 Å². The second-order valence-electron chi connectivity index (χ2n) is 6.32. The number of para-hydroxylation sites is 2. The van der Waals surface area contributed by atoms with Crippen molar-refractivity contribution < 1.29 is 0 Å². The standard InChI is InChI=1S/C23H20N4S/c28-23(25-20-12-6-2-7-13-20)24-16-19-17-27(21-14-8-3-9-15-21)26-22(19)18-10-4-1-5-11-18/h1-15,17H,16H2,(H2,24,25,28). The van der Waals surface area contributed by atoms with Crippen LogP contribution in [0, 0.1) is 0 Å². The van der Waals surface area contributed by atoms with Gasteiger partial charge in [-0.2, -0.15) is 5.10 Å². The molecule has 0 atom stereocenters. The minimum atomic E-state index is 0.579. The van der Waals surface area contributed by atoms with Crippen molar-refractivity contribution in [3.05, 3.63) is 103 Å². The third-order valence-electron chi connectivity index (χ3n) is 4.33. The van der Waals surface area contributed by atoms with Crippen molar-refractivity contribution in [2.45, 2.75) is 6.54 Å². The highest BCUT2D eigenvalue weighted by Gasteiger charge is 2.12. The number of hydrogen-bond acceptors (Lipinski definition) is 2. The lowest BCUT2D eigenvalue weighted by molar-refractivity contribution is 0.879. The summed E-state index contributed by atoms with van der Waals surface area (Å²) in [7, 11) is 0. The van der Waals surface area contributed by atoms with Crippen molar-refractivity contribution >= 4 is 23.0 Å². The zero-order valence-electron chi connectivity index (χ0n) is 15.2. The average molecular weight is 385 g/mol. The number of anilines is 1. The molecule has 0 amide bonds. The van der Waals surface area contributed by atoms with Crippen LogP contribution in [0.15, 0.2) is 97.2 Å². The zero-order chi connectivity index (χ0) is 19.2. The third-order valence-corrected chi connectivity index (χ3v) is 4.58. The van der Waals surface area contributed by atoms with Crippen LogP contribution in [-0.2, 0) is 6.54 Å². The number of benzene rings is 3. The van der Waals surface area contributed by atoms with Gasteiger partial charge in [0.2, 0.25) is 0 Å². The summed E-state index contributed by atoms with van der Waals surface area (Å²) in [6.07, 6.45) is 2.05. The van der Waals surface area contributed by atoms with Crippen LogP contribution in [-0.4, -0.2) is 14.9 Å². The van der Waals surface area contributed by atoms with Gasteiger partial charge < -0.3 is 10.6 Å². The Morgan fingerprint density at radius 1 is 0.821 bits per heavy atom. The molecule has 138 valence electrons. The zero-order valence-corrected chi connectivity index (χ0v) is 16.1. The monoisotopic (exact) mass is 384 g/mol. The van der Waals surface area contributed by atoms with Gasteiger partial charge in [-0.1, -0.05) is 66.7 Å². The van der Waals surface area contributed by atoms with E-state index in [1.165, 1.54) is 0 Å². The highest BCUT2D eigenvalue weighted by atomic mass is 32.1. The van der Waals surface area contributed by atoms with E-state index < -0.39 is 0 Å². The SMILES string of the molecule is S=C(NCc1cn(-c2ccccc2)nc1-c1ccccc1)Nc1ccccc1. The third kappa shape index (κ3) is 4.27. The van der Waals surface area contributed by atoms with Crippen molar-refractivity contribution in [2.75, 3.05) is 5.32 Å². The Balaban J connectivity index is 1.56. The van der Waals surface area contributed by atoms with Crippen LogP contribution < -0.4 is 10.6 Å². The van der Waals surface area contributed by atoms with Crippen molar-refractivity contribution in [1.82, 2.24) is 15.1 Å². The van der Waals surface area contributed by atoms with E-state index >= 15 is 0 Å². The maximum atomic E-state index is 5.45. The number of nitrogens with zero attached hydrogens (tertiary/aromatic N) is 2. The van der Waals surface area contributed by atoms with Crippen LogP contribution in [0.4, 0.5) is 5.69 Å². The molecule has 0 saturated carbocycles. The van der Waals surface area contributed by atoms with Crippen LogP contribution >= 0.6 is 12.2 Å². The Morgan fingerprint density at radius 2 is 1.43 bits per heavy atom. The van der Waals surface area contributed by atoms with Crippen LogP contribution in [0.1, 0.15) is 5.56 Å². The maximum Gasteiger partial charge on any atom is 0.171 e. The lowest BCUT2D eigenvalue weighted by Crippen LogP contribution is -2.27. The van der Waals surface area contributed by atoms with Crippen LogP contribution in [0.25, 0.3) is 16.9 Å². The first-order chi connectivity index (χ1) is 13.8. The lowest BCUT2D eigenvalue weighted by atomic mass is 10.1. The van der Waals surface area contributed by atoms with Gasteiger partial charge in [-0.15, -0.1) is 0 Å². The number of hydrogen-bond donors (Lipinski definition) is 2. The summed E-state index contributed by atoms with van der Waals surface area (Å²) in [6, 6.07) is 30.2. The quantitative estimate of drug-likeness (QED) is 0.474. The van der Waals surface area contributed by atoms with Gasteiger partial charge in [-0.25, -0.2) is 4.68 Å². The summed E-state index contributed by atoms with van der Waals surface area (Å²) in [4.78, 5) is 0. The molecule has 0 unspecified atom stereocenters. The molecule has 0 aliphatic rings. The van der Waals surface area contributed by atoms with Crippen molar-refractivity contribution in [1.29, 1.82) is 0 Å². The minimum Gasteiger partial charge on any atom is -0.358 e. The molecule has 4 aromatic rings. The van der Waals surface area contributed by atoms with Crippen molar-refractivity contribution in [3.8, 4) is 16.9 Å². The first-order valence-electron chi connectivity index (χ1n) is 9.09. The normalized spacial score (nSPS) is 10.4. The van der Waals surface area contributed by atoms with E-state index in [4.69, 9.17) is 17.3 Å². The number of thiocarbonyl (C=S) groups is 1. The molecule has 4 nitrogen and oxygen atoms in total. The van der Waals surface area contributed by atoms with Crippen molar-refractivity contribution in [3.63, 3.8) is 0 Å². The van der Waals surface area contributed by atoms with Gasteiger partial charge in [0.1, 0.15) is 0 Å². The smallest absolute Gasteiger partial charge is 0.171 e. The summed E-state index contributed by atoms with van der Waals surface area (Å²) < 4.78 is 1.91. The fraction of sp³-hybridized carbons (Fsp3) is 0.0435. The number of aromatic nitrogens is 2. The molecule has 0 fully saturated rings. The highest BCUT2D eigenvalue weighted by Crippen LogP contribution is 2.23. The first kappa shape index (κ1) is 17.9. The Bertz CT molecular complexity index is 1040. The molecular formula is C23H20N4S. The molecule has 0 radical (unpaired) electrons. The molecule has 1 heterocycles. The molecule has 5 heteroatoms. The van der Waals surface area contributed by atoms with E-state index in [1.54, 1.807) is 0 Å². The molecule has 28 heavy (non-hydrogen) atoms. The van der Waals surface area contributed by atoms with E-state index in [0.29, 0.717) is 11.7 Å². The van der Waals surface area contributed by atoms with Gasteiger partial charge in [-0.3, -0.25) is 0 Å². The first-order valence-corrected chi connectivity index (χ1v) is 9.50. The second kappa shape index (κ2) is 8.50. The molecule has 0 aliphatic heterocycles. The second-order valence-corrected chi connectivity index (χ2v) is 6.73. The van der Waals surface area contributed by atoms with E-state index in [-0.39, 0.29) is 0 Å². The molecule has 0 aliphatic carbocycles. The molecule has 3 aromatic carbocycles. The van der Waals surface area contributed by atoms with Crippen LogP contribution in [0.2, 0.25) is 0 Å². The number of nitrogens with one attached hydrogen (secondary N) is 2. The summed E-state index contributed by atoms with van der Waals surface area (Å²) in [5.74, 6) is 0. The summed E-state index contributed by atoms with van der Waals surface area (Å²) in [5, 5.41) is 11.9. The predicted octanol–water partition coefficient (Wildman–Crippen LogP) is 5.03. The van der Waals surface area contributed by atoms with Crippen LogP contribution in [0.5, 0.6) is 0 Å². The molecule has 4 rings (SSSR count). The Hall–Kier alpha value is -3.44. The molecule has 2 N–H and O–H groups in total. The molecule has 0 saturated heterocycles. The largest absolute Gasteiger partial charge is 0.358 e. The van der Waals surface area contributed by atoms with Crippen molar-refractivity contribution in [2.24, 2.45) is 0 Å². The predicted molar refractivity (Wildman–Crippen MR) is 119 cm³/mol. The number of rotatable bonds is 5. The van der Waals surface area contributed by atoms with Gasteiger partial charge in [0.05, 0.1) is 11.4 Å². The fourth-order valence-corrected chi connectivity index (χ4v) is 3.15. The summed E-state index contributed by atoms with van der Waals surface area (Å²) in [5.41, 5.74) is 5.09. The average Bonchev–Trinajstić information content (AvgIpc) is 3.19. The maximum absolute atomic E-state index is 5.45. The Kier molecular flexibility index (Phi) is 5.45. The summed E-state index contributed by atoms with van der Waals surface area (Å²) >= 11 is 5.45. The van der Waals surface area contributed by atoms with Gasteiger partial charge >= 0.3 is 0 Å². The van der Waals surface area contributed by atoms with Crippen LogP contribution in [0.3, 0.4) is 0 Å². The molecular weight excluding hydrogens is 364 g/mol. The molecule has 0 spiro atoms. The van der Waals surface area contributed by atoms with Gasteiger partial charge in [0.25, 0.3) is 0 Å². The van der Waals surface area contributed by atoms with Gasteiger partial charge in [0, 0.05) is 29.6 Å². The Labute approximate surface area is 169 Å². The topological polar surface area (TPSA) is 41.9 Å². The van der Waals surface area contributed by atoms with E-state index in [1.807, 2.05) is 83.5 Å². The molecule has 1 aromatic heterocycles. The summed E-state index contributed by atoms with van der Waals surface area (Å²) in [6.45, 7) is 0.579. The highest BCUT2D eigenvalue weighted by molar-refractivity contribution is 7.80. The lowest BCUT2D eigenvalue weighted by Gasteiger charge is -2.10.